The molecule has 7 heteroatoms. The summed E-state index contributed by atoms with van der Waals surface area (Å²) in [6.45, 7) is 4.22. The summed E-state index contributed by atoms with van der Waals surface area (Å²) in [5.41, 5.74) is 1.67. The van der Waals surface area contributed by atoms with E-state index in [1.807, 2.05) is 39.9 Å². The minimum atomic E-state index is -0.0938. The summed E-state index contributed by atoms with van der Waals surface area (Å²) < 4.78 is 7.73. The van der Waals surface area contributed by atoms with E-state index in [0.29, 0.717) is 6.54 Å². The second-order valence-corrected chi connectivity index (χ2v) is 6.67. The standard InChI is InChI=1S/C19H23N5O2/c1-2-11-24-17(9-10-20-24)22-19(25)23-12-5-6-14(13-23)18-21-15-7-3-4-8-16(15)26-18/h3-4,7-10,14H,2,5-6,11-13H2,1H3,(H,22,25)/t14-/m1/s1. The molecule has 0 spiro atoms. The highest BCUT2D eigenvalue weighted by Gasteiger charge is 2.28. The Balaban J connectivity index is 1.45. The smallest absolute Gasteiger partial charge is 0.323 e. The Kier molecular flexibility index (Phi) is 4.60. The number of nitrogens with one attached hydrogen (secondary N) is 1. The number of fused-ring (bicyclic) bond motifs is 1. The van der Waals surface area contributed by atoms with Crippen molar-refractivity contribution in [1.82, 2.24) is 19.7 Å². The molecular weight excluding hydrogens is 330 g/mol. The molecule has 1 saturated heterocycles. The topological polar surface area (TPSA) is 76.2 Å². The van der Waals surface area contributed by atoms with Crippen LogP contribution in [0.3, 0.4) is 0 Å². The van der Waals surface area contributed by atoms with Crippen molar-refractivity contribution >= 4 is 22.9 Å². The molecule has 2 amide bonds. The predicted octanol–water partition coefficient (Wildman–Crippen LogP) is 3.85. The van der Waals surface area contributed by atoms with Gasteiger partial charge in [0, 0.05) is 25.7 Å². The number of para-hydroxylation sites is 2. The highest BCUT2D eigenvalue weighted by atomic mass is 16.3. The lowest BCUT2D eigenvalue weighted by molar-refractivity contribution is 0.187. The lowest BCUT2D eigenvalue weighted by Gasteiger charge is -2.31. The molecule has 4 rings (SSSR count). The Bertz CT molecular complexity index is 867. The average molecular weight is 353 g/mol. The van der Waals surface area contributed by atoms with Gasteiger partial charge in [-0.2, -0.15) is 5.10 Å². The third-order valence-electron chi connectivity index (χ3n) is 4.76. The number of carbonyl (C=O) groups is 1. The number of piperidine rings is 1. The Hall–Kier alpha value is -2.83. The van der Waals surface area contributed by atoms with E-state index in [0.717, 1.165) is 55.2 Å². The highest BCUT2D eigenvalue weighted by Crippen LogP contribution is 2.29. The minimum Gasteiger partial charge on any atom is -0.440 e. The number of amides is 2. The summed E-state index contributed by atoms with van der Waals surface area (Å²) >= 11 is 0. The molecule has 0 unspecified atom stereocenters. The predicted molar refractivity (Wildman–Crippen MR) is 99.1 cm³/mol. The van der Waals surface area contributed by atoms with Gasteiger partial charge in [0.1, 0.15) is 11.3 Å². The molecule has 136 valence electrons. The molecule has 7 nitrogen and oxygen atoms in total. The Morgan fingerprint density at radius 3 is 3.08 bits per heavy atom. The van der Waals surface area contributed by atoms with Crippen LogP contribution < -0.4 is 5.32 Å². The van der Waals surface area contributed by atoms with E-state index in [-0.39, 0.29) is 11.9 Å². The Labute approximate surface area is 152 Å². The maximum Gasteiger partial charge on any atom is 0.323 e. The van der Waals surface area contributed by atoms with Gasteiger partial charge in [-0.15, -0.1) is 0 Å². The number of rotatable bonds is 4. The lowest BCUT2D eigenvalue weighted by Crippen LogP contribution is -2.42. The van der Waals surface area contributed by atoms with E-state index < -0.39 is 0 Å². The van der Waals surface area contributed by atoms with Crippen LogP contribution in [-0.2, 0) is 6.54 Å². The van der Waals surface area contributed by atoms with Crippen LogP contribution in [-0.4, -0.2) is 38.8 Å². The lowest BCUT2D eigenvalue weighted by atomic mass is 9.98. The first-order valence-electron chi connectivity index (χ1n) is 9.18. The van der Waals surface area contributed by atoms with Gasteiger partial charge in [0.25, 0.3) is 0 Å². The highest BCUT2D eigenvalue weighted by molar-refractivity contribution is 5.88. The third kappa shape index (κ3) is 3.29. The number of aromatic nitrogens is 3. The number of nitrogens with zero attached hydrogens (tertiary/aromatic N) is 4. The molecule has 1 aromatic carbocycles. The van der Waals surface area contributed by atoms with E-state index in [4.69, 9.17) is 4.42 Å². The molecule has 1 atom stereocenters. The van der Waals surface area contributed by atoms with Crippen molar-refractivity contribution in [2.24, 2.45) is 0 Å². The van der Waals surface area contributed by atoms with Crippen molar-refractivity contribution in [1.29, 1.82) is 0 Å². The van der Waals surface area contributed by atoms with Crippen LogP contribution in [0.25, 0.3) is 11.1 Å². The molecule has 0 bridgehead atoms. The molecule has 1 aliphatic heterocycles. The number of anilines is 1. The van der Waals surface area contributed by atoms with Gasteiger partial charge >= 0.3 is 6.03 Å². The maximum absolute atomic E-state index is 12.7. The van der Waals surface area contributed by atoms with E-state index in [1.54, 1.807) is 6.20 Å². The largest absolute Gasteiger partial charge is 0.440 e. The Morgan fingerprint density at radius 1 is 1.35 bits per heavy atom. The van der Waals surface area contributed by atoms with Gasteiger partial charge in [-0.25, -0.2) is 14.5 Å². The monoisotopic (exact) mass is 353 g/mol. The van der Waals surface area contributed by atoms with Crippen molar-refractivity contribution < 1.29 is 9.21 Å². The zero-order chi connectivity index (χ0) is 17.9. The molecule has 1 fully saturated rings. The van der Waals surface area contributed by atoms with Crippen molar-refractivity contribution in [2.45, 2.75) is 38.6 Å². The molecule has 2 aromatic heterocycles. The summed E-state index contributed by atoms with van der Waals surface area (Å²) in [6.07, 6.45) is 4.59. The number of benzene rings is 1. The molecule has 1 N–H and O–H groups in total. The molecule has 1 aliphatic rings. The van der Waals surface area contributed by atoms with Crippen molar-refractivity contribution in [3.05, 3.63) is 42.4 Å². The number of hydrogen-bond acceptors (Lipinski definition) is 4. The number of aryl methyl sites for hydroxylation is 1. The third-order valence-corrected chi connectivity index (χ3v) is 4.76. The van der Waals surface area contributed by atoms with Crippen LogP contribution in [0.1, 0.15) is 38.0 Å². The fourth-order valence-electron chi connectivity index (χ4n) is 3.45. The second-order valence-electron chi connectivity index (χ2n) is 6.67. The number of urea groups is 1. The number of oxazole rings is 1. The fourth-order valence-corrected chi connectivity index (χ4v) is 3.45. The molecule has 26 heavy (non-hydrogen) atoms. The van der Waals surface area contributed by atoms with E-state index in [9.17, 15) is 4.79 Å². The van der Waals surface area contributed by atoms with Crippen LogP contribution in [0.2, 0.25) is 0 Å². The molecule has 3 aromatic rings. The molecule has 0 radical (unpaired) electrons. The van der Waals surface area contributed by atoms with Gasteiger partial charge in [-0.1, -0.05) is 19.1 Å². The maximum atomic E-state index is 12.7. The summed E-state index contributed by atoms with van der Waals surface area (Å²) in [5.74, 6) is 1.59. The van der Waals surface area contributed by atoms with Crippen LogP contribution in [0.4, 0.5) is 10.6 Å². The van der Waals surface area contributed by atoms with Crippen LogP contribution >= 0.6 is 0 Å². The summed E-state index contributed by atoms with van der Waals surface area (Å²) in [5, 5.41) is 7.23. The quantitative estimate of drug-likeness (QED) is 0.773. The average Bonchev–Trinajstić information content (AvgIpc) is 3.29. The second kappa shape index (κ2) is 7.19. The molecule has 3 heterocycles. The van der Waals surface area contributed by atoms with Crippen molar-refractivity contribution in [3.63, 3.8) is 0 Å². The summed E-state index contributed by atoms with van der Waals surface area (Å²) in [6, 6.07) is 9.50. The van der Waals surface area contributed by atoms with Gasteiger partial charge in [0.05, 0.1) is 12.1 Å². The minimum absolute atomic E-state index is 0.0938. The first-order valence-corrected chi connectivity index (χ1v) is 9.18. The van der Waals surface area contributed by atoms with Gasteiger partial charge in [-0.05, 0) is 31.4 Å². The zero-order valence-corrected chi connectivity index (χ0v) is 14.9. The summed E-state index contributed by atoms with van der Waals surface area (Å²) in [4.78, 5) is 19.1. The van der Waals surface area contributed by atoms with E-state index >= 15 is 0 Å². The SMILES string of the molecule is CCCn1nccc1NC(=O)N1CCC[C@@H](c2nc3ccccc3o2)C1. The van der Waals surface area contributed by atoms with Gasteiger partial charge in [0.2, 0.25) is 0 Å². The first-order chi connectivity index (χ1) is 12.7. The van der Waals surface area contributed by atoms with Gasteiger partial charge in [-0.3, -0.25) is 5.32 Å². The number of likely N-dealkylation sites (tertiary alicyclic amines) is 1. The van der Waals surface area contributed by atoms with Crippen LogP contribution in [0.5, 0.6) is 0 Å². The van der Waals surface area contributed by atoms with Crippen molar-refractivity contribution in [3.8, 4) is 0 Å². The Morgan fingerprint density at radius 2 is 2.23 bits per heavy atom. The molecule has 0 saturated carbocycles. The molecular formula is C19H23N5O2. The van der Waals surface area contributed by atoms with Crippen LogP contribution in [0.15, 0.2) is 40.9 Å². The number of carbonyl (C=O) groups excluding carboxylic acids is 1. The first kappa shape index (κ1) is 16.6. The van der Waals surface area contributed by atoms with Crippen LogP contribution in [0, 0.1) is 0 Å². The fraction of sp³-hybridized carbons (Fsp3) is 0.421. The zero-order valence-electron chi connectivity index (χ0n) is 14.9. The van der Waals surface area contributed by atoms with Crippen molar-refractivity contribution in [2.75, 3.05) is 18.4 Å². The van der Waals surface area contributed by atoms with E-state index in [2.05, 4.69) is 22.3 Å². The normalized spacial score (nSPS) is 17.6. The van der Waals surface area contributed by atoms with E-state index in [1.165, 1.54) is 0 Å². The van der Waals surface area contributed by atoms with Gasteiger partial charge in [0.15, 0.2) is 11.5 Å². The van der Waals surface area contributed by atoms with Gasteiger partial charge < -0.3 is 9.32 Å². The summed E-state index contributed by atoms with van der Waals surface area (Å²) in [7, 11) is 0. The number of hydrogen-bond donors (Lipinski definition) is 1. The molecule has 0 aliphatic carbocycles.